The molecule has 50 heavy (non-hydrogen) atoms. The Balaban J connectivity index is 1.55. The van der Waals surface area contributed by atoms with Crippen LogP contribution in [0.15, 0.2) is 42.5 Å². The molecule has 1 saturated heterocycles. The predicted molar refractivity (Wildman–Crippen MR) is 211 cm³/mol. The van der Waals surface area contributed by atoms with E-state index in [2.05, 4.69) is 23.6 Å². The summed E-state index contributed by atoms with van der Waals surface area (Å²) in [6.07, 6.45) is 22.8. The normalized spacial score (nSPS) is 20.1. The topological polar surface area (TPSA) is 108 Å². The van der Waals surface area contributed by atoms with Gasteiger partial charge >= 0.3 is 12.9 Å². The molecule has 0 saturated carbocycles. The third-order valence-corrected chi connectivity index (χ3v) is 10.8. The maximum absolute atomic E-state index is 12.2. The van der Waals surface area contributed by atoms with E-state index in [1.807, 2.05) is 36.4 Å². The average Bonchev–Trinajstić information content (AvgIpc) is 3.40. The molecule has 1 aromatic carbocycles. The highest BCUT2D eigenvalue weighted by Crippen LogP contribution is 2.48. The molecule has 2 unspecified atom stereocenters. The van der Waals surface area contributed by atoms with E-state index in [-0.39, 0.29) is 19.1 Å². The SMILES string of the molecule is [B][C@@H]1O[C@H](COC(=O)OCc2ccccc2)[C@H](OP(O)(=S)OC)C1C/C=C/CCCCNC(=S)NCCCCCCCCCCCCCCC. The van der Waals surface area contributed by atoms with E-state index >= 15 is 0 Å². The molecule has 2 rings (SSSR count). The molecule has 0 spiro atoms. The van der Waals surface area contributed by atoms with Crippen molar-refractivity contribution in [1.82, 2.24) is 10.6 Å². The molecule has 5 atom stereocenters. The zero-order chi connectivity index (χ0) is 36.3. The molecule has 282 valence electrons. The number of carbonyl (C=O) groups is 1. The molecule has 1 fully saturated rings. The maximum atomic E-state index is 12.2. The standard InChI is InChI=1S/C37H62BN2O7PS2/c1-3-4-5-6-7-8-9-10-11-12-13-16-22-27-39-36(49)40-28-23-17-14-15-21-26-32-34(47-48(42,50)43-2)33(46-35(32)38)30-45-37(41)44-29-31-24-19-18-20-25-31/h15,18-21,24-25,32-35H,3-14,16-17,22-23,26-30H2,1-2H3,(H,42,50)(H2,39,40,49)/b21-15+/t32?,33-,34-,35-,48?/m1/s1. The van der Waals surface area contributed by atoms with E-state index in [9.17, 15) is 9.69 Å². The van der Waals surface area contributed by atoms with Crippen molar-refractivity contribution in [3.63, 3.8) is 0 Å². The third-order valence-electron chi connectivity index (χ3n) is 8.82. The number of nitrogens with one attached hydrogen (secondary N) is 2. The maximum Gasteiger partial charge on any atom is 0.508 e. The lowest BCUT2D eigenvalue weighted by Gasteiger charge is -2.26. The van der Waals surface area contributed by atoms with Crippen molar-refractivity contribution in [1.29, 1.82) is 0 Å². The molecule has 2 radical (unpaired) electrons. The Morgan fingerprint density at radius 1 is 0.900 bits per heavy atom. The minimum absolute atomic E-state index is 0.0817. The Labute approximate surface area is 314 Å². The molecule has 0 amide bonds. The quantitative estimate of drug-likeness (QED) is 0.0191. The fourth-order valence-electron chi connectivity index (χ4n) is 5.86. The van der Waals surface area contributed by atoms with Gasteiger partial charge < -0.3 is 38.8 Å². The van der Waals surface area contributed by atoms with E-state index < -0.39 is 31.1 Å². The molecule has 0 aromatic heterocycles. The van der Waals surface area contributed by atoms with Gasteiger partial charge in [0.1, 0.15) is 33.3 Å². The summed E-state index contributed by atoms with van der Waals surface area (Å²) in [4.78, 5) is 22.6. The average molecular weight is 753 g/mol. The number of carbonyl (C=O) groups excluding carboxylic acids is 1. The Morgan fingerprint density at radius 2 is 1.48 bits per heavy atom. The molecule has 1 aliphatic heterocycles. The van der Waals surface area contributed by atoms with Crippen LogP contribution >= 0.6 is 18.9 Å². The first-order valence-electron chi connectivity index (χ1n) is 18.7. The first-order chi connectivity index (χ1) is 24.3. The fraction of sp³-hybridized carbons (Fsp3) is 0.730. The zero-order valence-corrected chi connectivity index (χ0v) is 33.0. The lowest BCUT2D eigenvalue weighted by molar-refractivity contribution is -0.0272. The molecule has 1 aromatic rings. The number of unbranched alkanes of at least 4 members (excludes halogenated alkanes) is 14. The van der Waals surface area contributed by atoms with Gasteiger partial charge in [-0.2, -0.15) is 0 Å². The zero-order valence-electron chi connectivity index (χ0n) is 30.4. The Bertz CT molecular complexity index is 1120. The van der Waals surface area contributed by atoms with Crippen LogP contribution in [0.25, 0.3) is 0 Å². The van der Waals surface area contributed by atoms with Gasteiger partial charge in [0.05, 0.1) is 0 Å². The summed E-state index contributed by atoms with van der Waals surface area (Å²) in [5.74, 6) is -0.329. The summed E-state index contributed by atoms with van der Waals surface area (Å²) in [7, 11) is 7.58. The second kappa shape index (κ2) is 28.0. The first kappa shape index (κ1) is 44.6. The van der Waals surface area contributed by atoms with Gasteiger partial charge in [0.2, 0.25) is 0 Å². The molecule has 9 nitrogen and oxygen atoms in total. The number of allylic oxidation sites excluding steroid dienone is 2. The van der Waals surface area contributed by atoms with Crippen LogP contribution in [0, 0.1) is 5.92 Å². The van der Waals surface area contributed by atoms with Crippen molar-refractivity contribution in [2.24, 2.45) is 5.92 Å². The number of rotatable bonds is 28. The number of benzene rings is 1. The van der Waals surface area contributed by atoms with Gasteiger partial charge in [0, 0.05) is 32.1 Å². The van der Waals surface area contributed by atoms with Crippen LogP contribution in [0.5, 0.6) is 0 Å². The molecule has 13 heteroatoms. The van der Waals surface area contributed by atoms with Gasteiger partial charge in [0.15, 0.2) is 5.11 Å². The van der Waals surface area contributed by atoms with Crippen molar-refractivity contribution < 1.29 is 32.9 Å². The van der Waals surface area contributed by atoms with Crippen LogP contribution in [-0.4, -0.2) is 69.0 Å². The first-order valence-corrected chi connectivity index (χ1v) is 21.7. The van der Waals surface area contributed by atoms with E-state index in [4.69, 9.17) is 55.1 Å². The van der Waals surface area contributed by atoms with Gasteiger partial charge in [0.25, 0.3) is 0 Å². The largest absolute Gasteiger partial charge is 0.508 e. The van der Waals surface area contributed by atoms with Gasteiger partial charge in [-0.3, -0.25) is 0 Å². The highest BCUT2D eigenvalue weighted by atomic mass is 32.5. The number of thiocarbonyl (C=S) groups is 1. The van der Waals surface area contributed by atoms with Gasteiger partial charge in [-0.15, -0.1) is 0 Å². The third kappa shape index (κ3) is 21.1. The monoisotopic (exact) mass is 752 g/mol. The van der Waals surface area contributed by atoms with Gasteiger partial charge in [-0.05, 0) is 61.7 Å². The fourth-order valence-corrected chi connectivity index (χ4v) is 7.05. The number of hydrogen-bond donors (Lipinski definition) is 3. The van der Waals surface area contributed by atoms with Crippen molar-refractivity contribution in [2.75, 3.05) is 26.8 Å². The van der Waals surface area contributed by atoms with Crippen molar-refractivity contribution in [2.45, 2.75) is 141 Å². The smallest absolute Gasteiger partial charge is 0.431 e. The Hall–Kier alpha value is -1.53. The van der Waals surface area contributed by atoms with E-state index in [1.54, 1.807) is 0 Å². The minimum atomic E-state index is -3.53. The van der Waals surface area contributed by atoms with Crippen LogP contribution in [0.2, 0.25) is 0 Å². The summed E-state index contributed by atoms with van der Waals surface area (Å²) in [5.41, 5.74) is 0.838. The van der Waals surface area contributed by atoms with Crippen LogP contribution < -0.4 is 10.6 Å². The van der Waals surface area contributed by atoms with Crippen molar-refractivity contribution in [3.8, 4) is 0 Å². The minimum Gasteiger partial charge on any atom is -0.431 e. The van der Waals surface area contributed by atoms with Crippen LogP contribution in [0.3, 0.4) is 0 Å². The Kier molecular flexibility index (Phi) is 25.0. The lowest BCUT2D eigenvalue weighted by Crippen LogP contribution is -2.36. The molecule has 0 bridgehead atoms. The van der Waals surface area contributed by atoms with Crippen LogP contribution in [-0.2, 0) is 41.7 Å². The highest BCUT2D eigenvalue weighted by molar-refractivity contribution is 8.07. The number of hydrogen-bond acceptors (Lipinski definition) is 8. The van der Waals surface area contributed by atoms with E-state index in [0.717, 1.165) is 49.4 Å². The molecular weight excluding hydrogens is 690 g/mol. The second-order valence-electron chi connectivity index (χ2n) is 13.0. The second-order valence-corrected chi connectivity index (χ2v) is 16.3. The molecular formula is C37H62BN2O7PS2. The lowest BCUT2D eigenvalue weighted by atomic mass is 9.82. The molecule has 0 aliphatic carbocycles. The van der Waals surface area contributed by atoms with Crippen molar-refractivity contribution >= 4 is 49.9 Å². The summed E-state index contributed by atoms with van der Waals surface area (Å²) in [6.45, 7) is 0.393. The van der Waals surface area contributed by atoms with Gasteiger partial charge in [-0.1, -0.05) is 126 Å². The summed E-state index contributed by atoms with van der Waals surface area (Å²) in [6, 6.07) is 8.58. The number of ether oxygens (including phenoxy) is 3. The summed E-state index contributed by atoms with van der Waals surface area (Å²) < 4.78 is 27.1. The summed E-state index contributed by atoms with van der Waals surface area (Å²) >= 11 is 10.5. The highest BCUT2D eigenvalue weighted by Gasteiger charge is 2.45. The van der Waals surface area contributed by atoms with E-state index in [0.29, 0.717) is 6.42 Å². The van der Waals surface area contributed by atoms with E-state index in [1.165, 1.54) is 84.2 Å². The van der Waals surface area contributed by atoms with Crippen molar-refractivity contribution in [3.05, 3.63) is 48.0 Å². The van der Waals surface area contributed by atoms with Crippen LogP contribution in [0.1, 0.15) is 122 Å². The molecule has 1 aliphatic rings. The van der Waals surface area contributed by atoms with Crippen LogP contribution in [0.4, 0.5) is 4.79 Å². The van der Waals surface area contributed by atoms with Gasteiger partial charge in [-0.25, -0.2) is 4.79 Å². The summed E-state index contributed by atoms with van der Waals surface area (Å²) in [5, 5.41) is 7.36. The Morgan fingerprint density at radius 3 is 2.08 bits per heavy atom. The molecule has 1 heterocycles. The predicted octanol–water partition coefficient (Wildman–Crippen LogP) is 8.77. The molecule has 3 N–H and O–H groups in total.